The summed E-state index contributed by atoms with van der Waals surface area (Å²) in [5, 5.41) is 0. The molecule has 0 aromatic carbocycles. The van der Waals surface area contributed by atoms with Crippen LogP contribution < -0.4 is 0 Å². The van der Waals surface area contributed by atoms with E-state index in [-0.39, 0.29) is 5.78 Å². The van der Waals surface area contributed by atoms with Gasteiger partial charge in [0.2, 0.25) is 0 Å². The number of hydrogen-bond donors (Lipinski definition) is 0. The normalized spacial score (nSPS) is 11.6. The van der Waals surface area contributed by atoms with E-state index in [0.29, 0.717) is 15.0 Å². The summed E-state index contributed by atoms with van der Waals surface area (Å²) < 4.78 is 2.09. The molecule has 0 aliphatic carbocycles. The zero-order valence-corrected chi connectivity index (χ0v) is 8.00. The quantitative estimate of drug-likeness (QED) is 0.585. The molecule has 0 aliphatic heterocycles. The van der Waals surface area contributed by atoms with Crippen molar-refractivity contribution in [1.82, 2.24) is 4.67 Å². The van der Waals surface area contributed by atoms with Crippen LogP contribution in [0.1, 0.15) is 13.8 Å². The van der Waals surface area contributed by atoms with E-state index in [1.165, 1.54) is 0 Å². The summed E-state index contributed by atoms with van der Waals surface area (Å²) in [5.41, 5.74) is 0. The van der Waals surface area contributed by atoms with Crippen LogP contribution in [0.15, 0.2) is 0 Å². The Balaban J connectivity index is 3.43. The second-order valence-electron chi connectivity index (χ2n) is 1.85. The number of hydrogen-bond acceptors (Lipinski definition) is 2. The van der Waals surface area contributed by atoms with Crippen molar-refractivity contribution in [3.05, 3.63) is 0 Å². The predicted octanol–water partition coefficient (Wildman–Crippen LogP) is 1.28. The SMILES string of the molecule is CCN(CC(C)=O)PP. The highest BCUT2D eigenvalue weighted by Gasteiger charge is 2.00. The highest BCUT2D eigenvalue weighted by atomic mass is 32.0. The lowest BCUT2D eigenvalue weighted by molar-refractivity contribution is -0.117. The predicted molar refractivity (Wildman–Crippen MR) is 46.0 cm³/mol. The third kappa shape index (κ3) is 4.96. The highest BCUT2D eigenvalue weighted by Crippen LogP contribution is 2.24. The molecule has 0 rings (SSSR count). The van der Waals surface area contributed by atoms with E-state index in [1.54, 1.807) is 6.92 Å². The van der Waals surface area contributed by atoms with Gasteiger partial charge in [-0.05, 0) is 21.9 Å². The number of rotatable bonds is 4. The fraction of sp³-hybridized carbons (Fsp3) is 0.800. The summed E-state index contributed by atoms with van der Waals surface area (Å²) in [6.45, 7) is 5.23. The molecule has 0 N–H and O–H groups in total. The molecule has 0 radical (unpaired) electrons. The number of likely N-dealkylation sites (N-methyl/N-ethyl adjacent to an activating group) is 1. The molecule has 0 bridgehead atoms. The van der Waals surface area contributed by atoms with Crippen LogP contribution >= 0.6 is 17.3 Å². The van der Waals surface area contributed by atoms with Crippen LogP contribution in [0.2, 0.25) is 0 Å². The first kappa shape index (κ1) is 9.49. The van der Waals surface area contributed by atoms with Gasteiger partial charge < -0.3 is 0 Å². The van der Waals surface area contributed by atoms with E-state index >= 15 is 0 Å². The Bertz CT molecular complexity index is 93.0. The number of ketones is 1. The van der Waals surface area contributed by atoms with Crippen molar-refractivity contribution in [2.75, 3.05) is 13.1 Å². The van der Waals surface area contributed by atoms with Gasteiger partial charge in [-0.15, -0.1) is 0 Å². The molecule has 0 amide bonds. The number of Topliss-reactive ketones (excluding diaryl/α,β-unsaturated/α-hetero) is 1. The van der Waals surface area contributed by atoms with Gasteiger partial charge >= 0.3 is 0 Å². The van der Waals surface area contributed by atoms with E-state index in [4.69, 9.17) is 0 Å². The van der Waals surface area contributed by atoms with Crippen LogP contribution in [0.4, 0.5) is 0 Å². The maximum atomic E-state index is 10.5. The second-order valence-corrected chi connectivity index (χ2v) is 3.51. The van der Waals surface area contributed by atoms with Gasteiger partial charge in [0.15, 0.2) is 0 Å². The summed E-state index contributed by atoms with van der Waals surface area (Å²) in [4.78, 5) is 10.5. The minimum Gasteiger partial charge on any atom is -0.299 e. The van der Waals surface area contributed by atoms with Crippen molar-refractivity contribution >= 4 is 23.1 Å². The molecular weight excluding hydrogens is 152 g/mol. The Hall–Kier alpha value is 0.490. The maximum Gasteiger partial charge on any atom is 0.144 e. The van der Waals surface area contributed by atoms with Crippen LogP contribution in [0.3, 0.4) is 0 Å². The van der Waals surface area contributed by atoms with Gasteiger partial charge in [-0.25, -0.2) is 0 Å². The minimum atomic E-state index is 0.242. The average Bonchev–Trinajstić information content (AvgIpc) is 1.82. The van der Waals surface area contributed by atoms with Gasteiger partial charge in [0.25, 0.3) is 0 Å². The van der Waals surface area contributed by atoms with Gasteiger partial charge in [0.05, 0.1) is 6.54 Å². The first-order chi connectivity index (χ1) is 4.20. The summed E-state index contributed by atoms with van der Waals surface area (Å²) in [6, 6.07) is 0. The molecule has 0 saturated heterocycles. The molecule has 0 heterocycles. The molecule has 0 saturated carbocycles. The standard InChI is InChI=1S/C5H13NOP2/c1-3-6(9-8)4-5(2)7/h9H,3-4,8H2,1-2H3. The third-order valence-electron chi connectivity index (χ3n) is 0.978. The molecule has 9 heavy (non-hydrogen) atoms. The summed E-state index contributed by atoms with van der Waals surface area (Å²) >= 11 is 0. The lowest BCUT2D eigenvalue weighted by Gasteiger charge is -2.14. The molecule has 4 heteroatoms. The largest absolute Gasteiger partial charge is 0.299 e. The monoisotopic (exact) mass is 165 g/mol. The smallest absolute Gasteiger partial charge is 0.144 e. The van der Waals surface area contributed by atoms with E-state index in [0.717, 1.165) is 6.54 Å². The zero-order chi connectivity index (χ0) is 7.28. The zero-order valence-electron chi connectivity index (χ0n) is 5.85. The Labute approximate surface area is 60.3 Å². The van der Waals surface area contributed by atoms with Crippen molar-refractivity contribution in [3.8, 4) is 0 Å². The van der Waals surface area contributed by atoms with Crippen molar-refractivity contribution in [2.45, 2.75) is 13.8 Å². The maximum absolute atomic E-state index is 10.5. The molecule has 2 atom stereocenters. The lowest BCUT2D eigenvalue weighted by atomic mass is 10.4. The highest BCUT2D eigenvalue weighted by molar-refractivity contribution is 8.01. The Morgan fingerprint density at radius 3 is 2.44 bits per heavy atom. The second kappa shape index (κ2) is 5.29. The molecule has 54 valence electrons. The summed E-state index contributed by atoms with van der Waals surface area (Å²) in [6.07, 6.45) is 0. The van der Waals surface area contributed by atoms with E-state index in [1.807, 2.05) is 0 Å². The molecule has 2 nitrogen and oxygen atoms in total. The summed E-state index contributed by atoms with van der Waals surface area (Å²) in [5.74, 6) is 0.242. The van der Waals surface area contributed by atoms with Crippen molar-refractivity contribution in [1.29, 1.82) is 0 Å². The van der Waals surface area contributed by atoms with Gasteiger partial charge in [-0.2, -0.15) is 0 Å². The Morgan fingerprint density at radius 2 is 2.33 bits per heavy atom. The van der Waals surface area contributed by atoms with E-state index in [2.05, 4.69) is 20.5 Å². The average molecular weight is 165 g/mol. The topological polar surface area (TPSA) is 20.3 Å². The minimum absolute atomic E-state index is 0.242. The molecule has 0 aromatic heterocycles. The van der Waals surface area contributed by atoms with Crippen LogP contribution in [-0.4, -0.2) is 23.5 Å². The molecular formula is C5H13NOP2. The number of carbonyl (C=O) groups excluding carboxylic acids is 1. The van der Waals surface area contributed by atoms with Gasteiger partial charge in [0, 0.05) is 0 Å². The molecule has 0 fully saturated rings. The summed E-state index contributed by atoms with van der Waals surface area (Å²) in [7, 11) is 3.30. The van der Waals surface area contributed by atoms with Crippen molar-refractivity contribution in [2.24, 2.45) is 0 Å². The lowest BCUT2D eigenvalue weighted by Crippen LogP contribution is -2.18. The first-order valence-corrected chi connectivity index (χ1v) is 5.67. The van der Waals surface area contributed by atoms with Gasteiger partial charge in [-0.3, -0.25) is 9.46 Å². The molecule has 2 unspecified atom stereocenters. The van der Waals surface area contributed by atoms with E-state index < -0.39 is 0 Å². The fourth-order valence-corrected chi connectivity index (χ4v) is 1.84. The fourth-order valence-electron chi connectivity index (χ4n) is 0.518. The van der Waals surface area contributed by atoms with Gasteiger partial charge in [0.1, 0.15) is 5.78 Å². The molecule has 0 spiro atoms. The first-order valence-electron chi connectivity index (χ1n) is 2.91. The molecule has 0 aromatic rings. The van der Waals surface area contributed by atoms with E-state index in [9.17, 15) is 4.79 Å². The van der Waals surface area contributed by atoms with Crippen LogP contribution in [-0.2, 0) is 4.79 Å². The van der Waals surface area contributed by atoms with Crippen molar-refractivity contribution < 1.29 is 4.79 Å². The van der Waals surface area contributed by atoms with Crippen molar-refractivity contribution in [3.63, 3.8) is 0 Å². The Kier molecular flexibility index (Phi) is 5.58. The molecule has 0 aliphatic rings. The number of nitrogens with zero attached hydrogens (tertiary/aromatic N) is 1. The van der Waals surface area contributed by atoms with Crippen LogP contribution in [0, 0.1) is 0 Å². The Morgan fingerprint density at radius 1 is 1.78 bits per heavy atom. The van der Waals surface area contributed by atoms with Crippen LogP contribution in [0.5, 0.6) is 0 Å². The third-order valence-corrected chi connectivity index (χ3v) is 2.91. The number of carbonyl (C=O) groups is 1. The van der Waals surface area contributed by atoms with Gasteiger partial charge in [-0.1, -0.05) is 15.9 Å². The van der Waals surface area contributed by atoms with Crippen LogP contribution in [0.25, 0.3) is 0 Å².